The molecule has 0 saturated heterocycles. The molecule has 0 spiro atoms. The van der Waals surface area contributed by atoms with Crippen LogP contribution in [0, 0.1) is 6.92 Å². The molecule has 0 fully saturated rings. The smallest absolute Gasteiger partial charge is 0.354 e. The fourth-order valence-electron chi connectivity index (χ4n) is 7.49. The average Bonchev–Trinajstić information content (AvgIpc) is 3.74. The van der Waals surface area contributed by atoms with Crippen LogP contribution in [-0.2, 0) is 12.1 Å². The molecule has 276 valence electrons. The van der Waals surface area contributed by atoms with Gasteiger partial charge in [0, 0.05) is 18.7 Å². The van der Waals surface area contributed by atoms with Crippen LogP contribution in [0.4, 0.5) is 5.82 Å². The van der Waals surface area contributed by atoms with Crippen molar-refractivity contribution in [2.75, 3.05) is 11.4 Å². The van der Waals surface area contributed by atoms with Gasteiger partial charge in [-0.25, -0.2) is 24.4 Å². The minimum Gasteiger partial charge on any atom is -0.477 e. The first-order valence-corrected chi connectivity index (χ1v) is 18.7. The number of carboxylic acid groups (broad SMARTS) is 1. The number of tetrazole rings is 1. The number of aryl methyl sites for hydroxylation is 1. The Kier molecular flexibility index (Phi) is 10.1. The first kappa shape index (κ1) is 35.9. The van der Waals surface area contributed by atoms with E-state index in [2.05, 4.69) is 136 Å². The van der Waals surface area contributed by atoms with Gasteiger partial charge in [-0.15, -0.1) is 5.10 Å². The van der Waals surface area contributed by atoms with E-state index in [0.29, 0.717) is 35.0 Å². The monoisotopic (exact) mass is 736 g/mol. The van der Waals surface area contributed by atoms with Crippen LogP contribution in [0.2, 0.25) is 0 Å². The Balaban J connectivity index is 1.20. The van der Waals surface area contributed by atoms with Crippen molar-refractivity contribution in [3.63, 3.8) is 0 Å². The number of benzene rings is 5. The maximum absolute atomic E-state index is 11.8. The largest absolute Gasteiger partial charge is 0.477 e. The zero-order valence-electron chi connectivity index (χ0n) is 31.2. The Morgan fingerprint density at radius 1 is 0.696 bits per heavy atom. The molecular weight excluding hydrogens is 697 g/mol. The second-order valence-electron chi connectivity index (χ2n) is 13.7. The molecule has 8 aromatic rings. The van der Waals surface area contributed by atoms with Gasteiger partial charge in [0.05, 0.1) is 5.52 Å². The van der Waals surface area contributed by atoms with E-state index in [0.717, 1.165) is 58.3 Å². The van der Waals surface area contributed by atoms with Crippen LogP contribution in [0.1, 0.15) is 58.3 Å². The van der Waals surface area contributed by atoms with Crippen LogP contribution in [0.15, 0.2) is 152 Å². The van der Waals surface area contributed by atoms with Gasteiger partial charge in [0.25, 0.3) is 0 Å². The Bertz CT molecular complexity index is 2500. The maximum atomic E-state index is 11.8. The summed E-state index contributed by atoms with van der Waals surface area (Å²) in [6.45, 7) is 5.27. The lowest BCUT2D eigenvalue weighted by molar-refractivity contribution is 0.0691. The molecular formula is C46H40N8O2. The quantitative estimate of drug-likeness (QED) is 0.116. The molecule has 0 bridgehead atoms. The number of fused-ring (bicyclic) bond motifs is 1. The molecule has 0 aliphatic heterocycles. The van der Waals surface area contributed by atoms with E-state index in [1.165, 1.54) is 6.07 Å². The van der Waals surface area contributed by atoms with Crippen LogP contribution >= 0.6 is 0 Å². The maximum Gasteiger partial charge on any atom is 0.354 e. The number of hydrogen-bond donors (Lipinski definition) is 1. The van der Waals surface area contributed by atoms with Gasteiger partial charge in [0.1, 0.15) is 22.6 Å². The number of aromatic nitrogens is 7. The predicted octanol–water partition coefficient (Wildman–Crippen LogP) is 9.00. The van der Waals surface area contributed by atoms with Crippen LogP contribution in [0.25, 0.3) is 33.5 Å². The Labute approximate surface area is 325 Å². The lowest BCUT2D eigenvalue weighted by Crippen LogP contribution is -2.39. The van der Waals surface area contributed by atoms with Gasteiger partial charge >= 0.3 is 5.97 Å². The Morgan fingerprint density at radius 3 is 1.88 bits per heavy atom. The number of unbranched alkanes of at least 4 members (excludes halogenated alkanes) is 1. The van der Waals surface area contributed by atoms with Crippen molar-refractivity contribution in [2.45, 2.75) is 38.8 Å². The number of nitrogens with zero attached hydrogens (tertiary/aromatic N) is 8. The third-order valence-electron chi connectivity index (χ3n) is 10.1. The number of carbonyl (C=O) groups is 1. The van der Waals surface area contributed by atoms with E-state index in [-0.39, 0.29) is 5.69 Å². The molecule has 10 nitrogen and oxygen atoms in total. The van der Waals surface area contributed by atoms with Crippen molar-refractivity contribution in [1.82, 2.24) is 35.2 Å². The molecule has 3 heterocycles. The molecule has 0 atom stereocenters. The molecule has 0 amide bonds. The fourth-order valence-corrected chi connectivity index (χ4v) is 7.49. The molecule has 0 unspecified atom stereocenters. The van der Waals surface area contributed by atoms with Gasteiger partial charge in [-0.1, -0.05) is 153 Å². The van der Waals surface area contributed by atoms with Crippen LogP contribution in [-0.4, -0.2) is 52.8 Å². The standard InChI is InChI=1S/C46H40N8O2/c1-3-4-30-53(44-42-40(47-32(2)48-44)28-29-41(49-42)45(55)56)31-33-24-26-34(27-25-33)38-22-14-15-23-39(38)43-50-51-52-54(43)46(35-16-8-5-9-17-35,36-18-10-6-11-19-36)37-20-12-7-13-21-37/h5-29H,3-4,30-31H2,1-2H3,(H,55,56). The van der Waals surface area contributed by atoms with E-state index in [1.54, 1.807) is 6.07 Å². The number of aromatic carboxylic acids is 1. The first-order chi connectivity index (χ1) is 27.5. The van der Waals surface area contributed by atoms with Crippen LogP contribution in [0.5, 0.6) is 0 Å². The average molecular weight is 737 g/mol. The highest BCUT2D eigenvalue weighted by atomic mass is 16.4. The lowest BCUT2D eigenvalue weighted by Gasteiger charge is -2.36. The zero-order chi connectivity index (χ0) is 38.5. The second-order valence-corrected chi connectivity index (χ2v) is 13.7. The number of pyridine rings is 1. The second kappa shape index (κ2) is 15.7. The number of rotatable bonds is 13. The van der Waals surface area contributed by atoms with E-state index in [9.17, 15) is 9.90 Å². The van der Waals surface area contributed by atoms with Crippen molar-refractivity contribution >= 4 is 22.8 Å². The highest BCUT2D eigenvalue weighted by Crippen LogP contribution is 2.43. The van der Waals surface area contributed by atoms with Crippen molar-refractivity contribution in [2.24, 2.45) is 0 Å². The highest BCUT2D eigenvalue weighted by Gasteiger charge is 2.42. The molecule has 8 rings (SSSR count). The molecule has 0 saturated carbocycles. The van der Waals surface area contributed by atoms with E-state index < -0.39 is 11.5 Å². The Morgan fingerprint density at radius 2 is 1.29 bits per heavy atom. The molecule has 1 N–H and O–H groups in total. The summed E-state index contributed by atoms with van der Waals surface area (Å²) in [7, 11) is 0. The molecule has 10 heteroatoms. The number of hydrogen-bond acceptors (Lipinski definition) is 8. The minimum atomic E-state index is -1.09. The third kappa shape index (κ3) is 6.77. The highest BCUT2D eigenvalue weighted by molar-refractivity contribution is 5.92. The third-order valence-corrected chi connectivity index (χ3v) is 10.1. The van der Waals surface area contributed by atoms with Gasteiger partial charge in [0.15, 0.2) is 11.6 Å². The van der Waals surface area contributed by atoms with Gasteiger partial charge in [-0.2, -0.15) is 0 Å². The van der Waals surface area contributed by atoms with Gasteiger partial charge in [0.2, 0.25) is 0 Å². The molecule has 3 aromatic heterocycles. The number of anilines is 1. The van der Waals surface area contributed by atoms with Crippen LogP contribution in [0.3, 0.4) is 0 Å². The molecule has 56 heavy (non-hydrogen) atoms. The van der Waals surface area contributed by atoms with Crippen molar-refractivity contribution < 1.29 is 9.90 Å². The normalized spacial score (nSPS) is 11.5. The van der Waals surface area contributed by atoms with Gasteiger partial charge < -0.3 is 10.0 Å². The summed E-state index contributed by atoms with van der Waals surface area (Å²) in [5, 5.41) is 23.5. The zero-order valence-corrected chi connectivity index (χ0v) is 31.2. The Hall–Kier alpha value is -7.07. The van der Waals surface area contributed by atoms with E-state index in [1.807, 2.05) is 41.9 Å². The topological polar surface area (TPSA) is 123 Å². The van der Waals surface area contributed by atoms with Gasteiger partial charge in [-0.3, -0.25) is 0 Å². The summed E-state index contributed by atoms with van der Waals surface area (Å²) in [4.78, 5) is 27.8. The minimum absolute atomic E-state index is 0.0377. The van der Waals surface area contributed by atoms with Crippen molar-refractivity contribution in [3.8, 4) is 22.5 Å². The molecule has 0 aliphatic carbocycles. The summed E-state index contributed by atoms with van der Waals surface area (Å²) in [5.74, 6) is 0.772. The lowest BCUT2D eigenvalue weighted by atomic mass is 9.77. The summed E-state index contributed by atoms with van der Waals surface area (Å²) in [6, 6.07) is 51.1. The van der Waals surface area contributed by atoms with Crippen LogP contribution < -0.4 is 4.90 Å². The summed E-state index contributed by atoms with van der Waals surface area (Å²) < 4.78 is 1.96. The van der Waals surface area contributed by atoms with E-state index in [4.69, 9.17) is 15.3 Å². The first-order valence-electron chi connectivity index (χ1n) is 18.7. The predicted molar refractivity (Wildman–Crippen MR) is 218 cm³/mol. The van der Waals surface area contributed by atoms with E-state index >= 15 is 0 Å². The summed E-state index contributed by atoms with van der Waals surface area (Å²) in [5.41, 5.74) is 7.23. The molecule has 0 radical (unpaired) electrons. The number of carboxylic acids is 1. The molecule has 5 aromatic carbocycles. The van der Waals surface area contributed by atoms with Crippen molar-refractivity contribution in [3.05, 3.63) is 185 Å². The summed E-state index contributed by atoms with van der Waals surface area (Å²) in [6.07, 6.45) is 1.92. The molecule has 0 aliphatic rings. The van der Waals surface area contributed by atoms with Crippen molar-refractivity contribution in [1.29, 1.82) is 0 Å². The summed E-state index contributed by atoms with van der Waals surface area (Å²) >= 11 is 0. The fraction of sp³-hybridized carbons (Fsp3) is 0.152. The SMILES string of the molecule is CCCCN(Cc1ccc(-c2ccccc2-c2nnnn2C(c2ccccc2)(c2ccccc2)c2ccccc2)cc1)c1nc(C)nc2ccc(C(=O)O)nc12. The van der Waals surface area contributed by atoms with Gasteiger partial charge in [-0.05, 0) is 69.3 Å².